The van der Waals surface area contributed by atoms with Crippen LogP contribution in [0.3, 0.4) is 0 Å². The van der Waals surface area contributed by atoms with Gasteiger partial charge in [0.15, 0.2) is 0 Å². The summed E-state index contributed by atoms with van der Waals surface area (Å²) in [7, 11) is 4.06. The van der Waals surface area contributed by atoms with E-state index in [9.17, 15) is 0 Å². The Balaban J connectivity index is 2.47. The molecule has 16 heavy (non-hydrogen) atoms. The second-order valence-corrected chi connectivity index (χ2v) is 4.11. The molecule has 0 aliphatic carbocycles. The number of para-hydroxylation sites is 1. The first-order valence-corrected chi connectivity index (χ1v) is 5.61. The van der Waals surface area contributed by atoms with Crippen LogP contribution < -0.4 is 0 Å². The number of likely N-dealkylation sites (N-methyl/N-ethyl adjacent to an activating group) is 1. The van der Waals surface area contributed by atoms with Crippen LogP contribution in [0.4, 0.5) is 5.69 Å². The molecule has 3 nitrogen and oxygen atoms in total. The van der Waals surface area contributed by atoms with Crippen LogP contribution in [0.2, 0.25) is 0 Å². The van der Waals surface area contributed by atoms with Crippen LogP contribution in [-0.2, 0) is 6.42 Å². The average Bonchev–Trinajstić information content (AvgIpc) is 2.47. The van der Waals surface area contributed by atoms with Crippen LogP contribution in [0.15, 0.2) is 34.3 Å². The van der Waals surface area contributed by atoms with Crippen LogP contribution in [0.1, 0.15) is 18.9 Å². The van der Waals surface area contributed by atoms with Gasteiger partial charge in [-0.1, -0.05) is 25.1 Å². The third kappa shape index (κ3) is 2.13. The summed E-state index contributed by atoms with van der Waals surface area (Å²) in [5, 5.41) is 0. The molecule has 2 rings (SSSR count). The van der Waals surface area contributed by atoms with Crippen molar-refractivity contribution in [2.45, 2.75) is 19.8 Å². The van der Waals surface area contributed by atoms with E-state index in [-0.39, 0.29) is 0 Å². The van der Waals surface area contributed by atoms with E-state index in [0.29, 0.717) is 0 Å². The summed E-state index contributed by atoms with van der Waals surface area (Å²) in [5.41, 5.74) is 2.30. The zero-order chi connectivity index (χ0) is 11.5. The molecule has 0 bridgehead atoms. The summed E-state index contributed by atoms with van der Waals surface area (Å²) in [6, 6.07) is 8.25. The predicted molar refractivity (Wildman–Crippen MR) is 68.7 cm³/mol. The van der Waals surface area contributed by atoms with E-state index < -0.39 is 0 Å². The largest absolute Gasteiger partial charge is 0.366 e. The second-order valence-electron chi connectivity index (χ2n) is 4.11. The second kappa shape index (κ2) is 4.47. The van der Waals surface area contributed by atoms with Gasteiger partial charge < -0.3 is 4.90 Å². The topological polar surface area (TPSA) is 28.0 Å². The Bertz CT molecular complexity index is 444. The van der Waals surface area contributed by atoms with Crippen molar-refractivity contribution in [3.05, 3.63) is 29.8 Å². The van der Waals surface area contributed by atoms with Gasteiger partial charge in [-0.25, -0.2) is 9.98 Å². The molecule has 0 unspecified atom stereocenters. The Morgan fingerprint density at radius 1 is 1.19 bits per heavy atom. The summed E-state index contributed by atoms with van der Waals surface area (Å²) in [4.78, 5) is 11.3. The number of fused-ring (bicyclic) bond motifs is 1. The third-order valence-electron chi connectivity index (χ3n) is 2.68. The van der Waals surface area contributed by atoms with Crippen molar-refractivity contribution in [1.82, 2.24) is 4.90 Å². The number of rotatable bonds is 1. The van der Waals surface area contributed by atoms with Gasteiger partial charge in [0.05, 0.1) is 5.69 Å². The first-order chi connectivity index (χ1) is 7.70. The standard InChI is InChI=1S/C13H17N3/c1-4-12-14-11-8-6-5-7-10(11)9-13(15-12)16(2)3/h5-8H,4,9H2,1-3H3. The molecule has 0 aromatic heterocycles. The van der Waals surface area contributed by atoms with Gasteiger partial charge in [-0.15, -0.1) is 0 Å². The molecule has 1 heterocycles. The Kier molecular flexibility index (Phi) is 3.04. The highest BCUT2D eigenvalue weighted by atomic mass is 15.2. The zero-order valence-electron chi connectivity index (χ0n) is 10.1. The molecule has 0 saturated carbocycles. The zero-order valence-corrected chi connectivity index (χ0v) is 10.1. The van der Waals surface area contributed by atoms with E-state index in [2.05, 4.69) is 40.0 Å². The molecule has 1 aliphatic heterocycles. The summed E-state index contributed by atoms with van der Waals surface area (Å²) < 4.78 is 0. The Morgan fingerprint density at radius 2 is 1.94 bits per heavy atom. The maximum atomic E-state index is 4.60. The quantitative estimate of drug-likeness (QED) is 0.707. The fraction of sp³-hybridized carbons (Fsp3) is 0.385. The lowest BCUT2D eigenvalue weighted by Gasteiger charge is -2.14. The van der Waals surface area contributed by atoms with Crippen LogP contribution in [0, 0.1) is 0 Å². The monoisotopic (exact) mass is 215 g/mol. The van der Waals surface area contributed by atoms with Gasteiger partial charge in [-0.3, -0.25) is 0 Å². The van der Waals surface area contributed by atoms with Gasteiger partial charge in [0, 0.05) is 26.9 Å². The highest BCUT2D eigenvalue weighted by molar-refractivity contribution is 6.00. The molecule has 1 aliphatic rings. The van der Waals surface area contributed by atoms with Crippen molar-refractivity contribution in [2.75, 3.05) is 14.1 Å². The van der Waals surface area contributed by atoms with Crippen LogP contribution >= 0.6 is 0 Å². The molecule has 0 saturated heterocycles. The molecule has 84 valence electrons. The van der Waals surface area contributed by atoms with Crippen LogP contribution in [0.5, 0.6) is 0 Å². The minimum Gasteiger partial charge on any atom is -0.366 e. The van der Waals surface area contributed by atoms with E-state index in [1.165, 1.54) is 5.56 Å². The van der Waals surface area contributed by atoms with Gasteiger partial charge in [0.25, 0.3) is 0 Å². The summed E-state index contributed by atoms with van der Waals surface area (Å²) >= 11 is 0. The first-order valence-electron chi connectivity index (χ1n) is 5.61. The molecule has 1 aromatic rings. The van der Waals surface area contributed by atoms with Gasteiger partial charge in [-0.05, 0) is 11.6 Å². The maximum absolute atomic E-state index is 4.60. The molecule has 0 N–H and O–H groups in total. The van der Waals surface area contributed by atoms with Crippen molar-refractivity contribution in [2.24, 2.45) is 9.98 Å². The molecule has 0 atom stereocenters. The van der Waals surface area contributed by atoms with Crippen LogP contribution in [0.25, 0.3) is 0 Å². The minimum atomic E-state index is 0.857. The number of nitrogens with zero attached hydrogens (tertiary/aromatic N) is 3. The maximum Gasteiger partial charge on any atom is 0.130 e. The molecule has 0 radical (unpaired) electrons. The number of hydrogen-bond donors (Lipinski definition) is 0. The lowest BCUT2D eigenvalue weighted by molar-refractivity contribution is 0.611. The van der Waals surface area contributed by atoms with E-state index in [1.54, 1.807) is 0 Å². The van der Waals surface area contributed by atoms with E-state index >= 15 is 0 Å². The van der Waals surface area contributed by atoms with Gasteiger partial charge in [0.2, 0.25) is 0 Å². The lowest BCUT2D eigenvalue weighted by atomic mass is 10.1. The summed E-state index contributed by atoms with van der Waals surface area (Å²) in [5.74, 6) is 1.99. The predicted octanol–water partition coefficient (Wildman–Crippen LogP) is 2.64. The molecular weight excluding hydrogens is 198 g/mol. The number of aliphatic imine (C=N–C) groups is 2. The van der Waals surface area contributed by atoms with Crippen molar-refractivity contribution in [3.63, 3.8) is 0 Å². The molecule has 0 spiro atoms. The van der Waals surface area contributed by atoms with Crippen molar-refractivity contribution >= 4 is 17.4 Å². The van der Waals surface area contributed by atoms with E-state index in [0.717, 1.165) is 30.2 Å². The van der Waals surface area contributed by atoms with Crippen molar-refractivity contribution in [3.8, 4) is 0 Å². The lowest BCUT2D eigenvalue weighted by Crippen LogP contribution is -2.24. The van der Waals surface area contributed by atoms with Crippen LogP contribution in [-0.4, -0.2) is 30.7 Å². The molecule has 3 heteroatoms. The fourth-order valence-corrected chi connectivity index (χ4v) is 1.71. The van der Waals surface area contributed by atoms with Gasteiger partial charge >= 0.3 is 0 Å². The number of amidine groups is 2. The third-order valence-corrected chi connectivity index (χ3v) is 2.68. The summed E-state index contributed by atoms with van der Waals surface area (Å²) in [6.07, 6.45) is 1.72. The van der Waals surface area contributed by atoms with Crippen molar-refractivity contribution in [1.29, 1.82) is 0 Å². The van der Waals surface area contributed by atoms with Crippen molar-refractivity contribution < 1.29 is 0 Å². The van der Waals surface area contributed by atoms with Gasteiger partial charge in [0.1, 0.15) is 11.7 Å². The first kappa shape index (κ1) is 10.9. The molecule has 0 fully saturated rings. The van der Waals surface area contributed by atoms with Gasteiger partial charge in [-0.2, -0.15) is 0 Å². The minimum absolute atomic E-state index is 0.857. The smallest absolute Gasteiger partial charge is 0.130 e. The molecule has 0 amide bonds. The Labute approximate surface area is 96.5 Å². The number of hydrogen-bond acceptors (Lipinski definition) is 3. The van der Waals surface area contributed by atoms with E-state index in [4.69, 9.17) is 0 Å². The molecule has 1 aromatic carbocycles. The Hall–Kier alpha value is -1.64. The highest BCUT2D eigenvalue weighted by Crippen LogP contribution is 2.23. The Morgan fingerprint density at radius 3 is 2.62 bits per heavy atom. The highest BCUT2D eigenvalue weighted by Gasteiger charge is 2.12. The average molecular weight is 215 g/mol. The van der Waals surface area contributed by atoms with E-state index in [1.807, 2.05) is 20.2 Å². The molecular formula is C13H17N3. The fourth-order valence-electron chi connectivity index (χ4n) is 1.71. The number of benzene rings is 1. The SMILES string of the molecule is CCC1=Nc2ccccc2CC(N(C)C)=N1. The summed E-state index contributed by atoms with van der Waals surface area (Å²) in [6.45, 7) is 2.09. The normalized spacial score (nSPS) is 14.7.